The Labute approximate surface area is 132 Å². The number of nitrogens with one attached hydrogen (secondary N) is 2. The molecule has 22 heavy (non-hydrogen) atoms. The molecule has 1 aromatic carbocycles. The average molecular weight is 301 g/mol. The number of benzene rings is 1. The van der Waals surface area contributed by atoms with Crippen LogP contribution in [0.25, 0.3) is 10.9 Å². The summed E-state index contributed by atoms with van der Waals surface area (Å²) in [5.41, 5.74) is 7.95. The van der Waals surface area contributed by atoms with Crippen LogP contribution < -0.4 is 11.1 Å². The number of unbranched alkanes of at least 4 members (excludes halogenated alkanes) is 3. The second-order valence-corrected chi connectivity index (χ2v) is 5.77. The third kappa shape index (κ3) is 5.19. The number of H-pyrrole nitrogens is 1. The summed E-state index contributed by atoms with van der Waals surface area (Å²) >= 11 is 0. The van der Waals surface area contributed by atoms with Gasteiger partial charge in [-0.05, 0) is 43.9 Å². The second kappa shape index (κ2) is 9.26. The summed E-state index contributed by atoms with van der Waals surface area (Å²) in [5, 5.41) is 4.30. The van der Waals surface area contributed by atoms with Crippen LogP contribution in [0.1, 0.15) is 44.1 Å². The Bertz CT molecular complexity index is 576. The summed E-state index contributed by atoms with van der Waals surface area (Å²) in [5.74, 6) is 0.173. The summed E-state index contributed by atoms with van der Waals surface area (Å²) < 4.78 is 0. The molecule has 0 saturated heterocycles. The molecule has 0 aliphatic rings. The highest BCUT2D eigenvalue weighted by Gasteiger charge is 2.04. The Kier molecular flexibility index (Phi) is 6.97. The van der Waals surface area contributed by atoms with Crippen molar-refractivity contribution < 1.29 is 4.79 Å². The SMILES string of the molecule is NCCCCCCC(=O)NCCCc1c[nH]c2ccccc12. The van der Waals surface area contributed by atoms with E-state index in [9.17, 15) is 4.79 Å². The second-order valence-electron chi connectivity index (χ2n) is 5.77. The lowest BCUT2D eigenvalue weighted by atomic mass is 10.1. The first-order valence-electron chi connectivity index (χ1n) is 8.33. The van der Waals surface area contributed by atoms with Crippen molar-refractivity contribution in [3.05, 3.63) is 36.0 Å². The van der Waals surface area contributed by atoms with Crippen molar-refractivity contribution in [3.63, 3.8) is 0 Å². The normalized spacial score (nSPS) is 11.0. The Balaban J connectivity index is 1.60. The molecule has 0 bridgehead atoms. The molecule has 1 heterocycles. The zero-order valence-corrected chi connectivity index (χ0v) is 13.2. The number of fused-ring (bicyclic) bond motifs is 1. The maximum absolute atomic E-state index is 11.7. The highest BCUT2D eigenvalue weighted by molar-refractivity contribution is 5.83. The van der Waals surface area contributed by atoms with Gasteiger partial charge in [-0.2, -0.15) is 0 Å². The highest BCUT2D eigenvalue weighted by atomic mass is 16.1. The lowest BCUT2D eigenvalue weighted by molar-refractivity contribution is -0.121. The Morgan fingerprint density at radius 3 is 2.77 bits per heavy atom. The van der Waals surface area contributed by atoms with Crippen LogP contribution in [0, 0.1) is 0 Å². The number of carbonyl (C=O) groups excluding carboxylic acids is 1. The number of nitrogens with two attached hydrogens (primary N) is 1. The van der Waals surface area contributed by atoms with Gasteiger partial charge in [0.15, 0.2) is 0 Å². The molecule has 0 aliphatic carbocycles. The number of aryl methyl sites for hydroxylation is 1. The summed E-state index contributed by atoms with van der Waals surface area (Å²) in [6.07, 6.45) is 8.92. The van der Waals surface area contributed by atoms with E-state index in [2.05, 4.69) is 34.7 Å². The number of amides is 1. The van der Waals surface area contributed by atoms with Crippen LogP contribution in [0.15, 0.2) is 30.5 Å². The topological polar surface area (TPSA) is 70.9 Å². The fourth-order valence-electron chi connectivity index (χ4n) is 2.72. The summed E-state index contributed by atoms with van der Waals surface area (Å²) in [6, 6.07) is 8.33. The number of hydrogen-bond acceptors (Lipinski definition) is 2. The van der Waals surface area contributed by atoms with E-state index < -0.39 is 0 Å². The zero-order chi connectivity index (χ0) is 15.6. The van der Waals surface area contributed by atoms with E-state index in [0.29, 0.717) is 6.42 Å². The standard InChI is InChI=1S/C18H27N3O/c19-12-6-2-1-3-11-18(22)20-13-7-8-15-14-21-17-10-5-4-9-16(15)17/h4-5,9-10,14,21H,1-3,6-8,11-13,19H2,(H,20,22). The first-order chi connectivity index (χ1) is 10.8. The molecular formula is C18H27N3O. The van der Waals surface area contributed by atoms with Gasteiger partial charge in [-0.3, -0.25) is 4.79 Å². The average Bonchev–Trinajstić information content (AvgIpc) is 2.95. The van der Waals surface area contributed by atoms with Gasteiger partial charge in [0.25, 0.3) is 0 Å². The van der Waals surface area contributed by atoms with Crippen molar-refractivity contribution in [2.24, 2.45) is 5.73 Å². The van der Waals surface area contributed by atoms with Crippen molar-refractivity contribution >= 4 is 16.8 Å². The van der Waals surface area contributed by atoms with Gasteiger partial charge in [0, 0.05) is 30.1 Å². The molecular weight excluding hydrogens is 274 g/mol. The Hall–Kier alpha value is -1.81. The van der Waals surface area contributed by atoms with E-state index in [1.807, 2.05) is 6.07 Å². The van der Waals surface area contributed by atoms with E-state index >= 15 is 0 Å². The largest absolute Gasteiger partial charge is 0.361 e. The monoisotopic (exact) mass is 301 g/mol. The number of carbonyl (C=O) groups is 1. The molecule has 1 amide bonds. The van der Waals surface area contributed by atoms with Crippen LogP contribution in [-0.4, -0.2) is 24.0 Å². The highest BCUT2D eigenvalue weighted by Crippen LogP contribution is 2.18. The van der Waals surface area contributed by atoms with Crippen LogP contribution in [0.5, 0.6) is 0 Å². The molecule has 2 rings (SSSR count). The lowest BCUT2D eigenvalue weighted by Crippen LogP contribution is -2.24. The van der Waals surface area contributed by atoms with Gasteiger partial charge >= 0.3 is 0 Å². The minimum atomic E-state index is 0.173. The molecule has 0 aliphatic heterocycles. The van der Waals surface area contributed by atoms with E-state index in [-0.39, 0.29) is 5.91 Å². The fraction of sp³-hybridized carbons (Fsp3) is 0.500. The quantitative estimate of drug-likeness (QED) is 0.590. The molecule has 0 unspecified atom stereocenters. The molecule has 120 valence electrons. The minimum Gasteiger partial charge on any atom is -0.361 e. The number of aromatic nitrogens is 1. The molecule has 4 N–H and O–H groups in total. The minimum absolute atomic E-state index is 0.173. The fourth-order valence-corrected chi connectivity index (χ4v) is 2.72. The predicted octanol–water partition coefficient (Wildman–Crippen LogP) is 3.13. The maximum atomic E-state index is 11.7. The van der Waals surface area contributed by atoms with Gasteiger partial charge in [-0.1, -0.05) is 31.0 Å². The van der Waals surface area contributed by atoms with Crippen molar-refractivity contribution in [3.8, 4) is 0 Å². The lowest BCUT2D eigenvalue weighted by Gasteiger charge is -2.05. The number of rotatable bonds is 10. The molecule has 1 aromatic heterocycles. The van der Waals surface area contributed by atoms with Gasteiger partial charge in [-0.25, -0.2) is 0 Å². The van der Waals surface area contributed by atoms with Crippen LogP contribution >= 0.6 is 0 Å². The predicted molar refractivity (Wildman–Crippen MR) is 91.8 cm³/mol. The molecule has 0 saturated carbocycles. The molecule has 2 aromatic rings. The van der Waals surface area contributed by atoms with Gasteiger partial charge in [0.2, 0.25) is 5.91 Å². The van der Waals surface area contributed by atoms with Crippen molar-refractivity contribution in [1.82, 2.24) is 10.3 Å². The van der Waals surface area contributed by atoms with E-state index in [1.54, 1.807) is 0 Å². The zero-order valence-electron chi connectivity index (χ0n) is 13.2. The number of aromatic amines is 1. The molecule has 4 nitrogen and oxygen atoms in total. The van der Waals surface area contributed by atoms with E-state index in [0.717, 1.165) is 51.6 Å². The first kappa shape index (κ1) is 16.6. The van der Waals surface area contributed by atoms with Crippen molar-refractivity contribution in [2.75, 3.05) is 13.1 Å². The van der Waals surface area contributed by atoms with Crippen LogP contribution in [0.3, 0.4) is 0 Å². The van der Waals surface area contributed by atoms with Crippen molar-refractivity contribution in [1.29, 1.82) is 0 Å². The van der Waals surface area contributed by atoms with Gasteiger partial charge in [-0.15, -0.1) is 0 Å². The number of para-hydroxylation sites is 1. The molecule has 0 atom stereocenters. The summed E-state index contributed by atoms with van der Waals surface area (Å²) in [4.78, 5) is 15.0. The Morgan fingerprint density at radius 2 is 1.91 bits per heavy atom. The van der Waals surface area contributed by atoms with Crippen LogP contribution in [0.4, 0.5) is 0 Å². The first-order valence-corrected chi connectivity index (χ1v) is 8.33. The van der Waals surface area contributed by atoms with Gasteiger partial charge in [0.1, 0.15) is 0 Å². The van der Waals surface area contributed by atoms with E-state index in [4.69, 9.17) is 5.73 Å². The molecule has 0 spiro atoms. The van der Waals surface area contributed by atoms with Gasteiger partial charge < -0.3 is 16.0 Å². The number of hydrogen-bond donors (Lipinski definition) is 3. The van der Waals surface area contributed by atoms with Crippen LogP contribution in [-0.2, 0) is 11.2 Å². The molecule has 0 fully saturated rings. The van der Waals surface area contributed by atoms with E-state index in [1.165, 1.54) is 16.5 Å². The summed E-state index contributed by atoms with van der Waals surface area (Å²) in [6.45, 7) is 1.50. The summed E-state index contributed by atoms with van der Waals surface area (Å²) in [7, 11) is 0. The third-order valence-corrected chi connectivity index (χ3v) is 3.98. The molecule has 4 heteroatoms. The smallest absolute Gasteiger partial charge is 0.219 e. The molecule has 0 radical (unpaired) electrons. The van der Waals surface area contributed by atoms with Crippen LogP contribution in [0.2, 0.25) is 0 Å². The third-order valence-electron chi connectivity index (χ3n) is 3.98. The van der Waals surface area contributed by atoms with Crippen molar-refractivity contribution in [2.45, 2.75) is 44.9 Å². The van der Waals surface area contributed by atoms with Gasteiger partial charge in [0.05, 0.1) is 0 Å². The Morgan fingerprint density at radius 1 is 1.09 bits per heavy atom. The maximum Gasteiger partial charge on any atom is 0.219 e.